The van der Waals surface area contributed by atoms with E-state index in [1.165, 1.54) is 4.90 Å². The van der Waals surface area contributed by atoms with E-state index in [9.17, 15) is 13.6 Å². The quantitative estimate of drug-likeness (QED) is 0.619. The van der Waals surface area contributed by atoms with Gasteiger partial charge in [0.2, 0.25) is 0 Å². The van der Waals surface area contributed by atoms with Gasteiger partial charge in [0, 0.05) is 13.2 Å². The predicted octanol–water partition coefficient (Wildman–Crippen LogP) is 0.889. The van der Waals surface area contributed by atoms with Crippen molar-refractivity contribution in [3.63, 3.8) is 0 Å². The van der Waals surface area contributed by atoms with Gasteiger partial charge in [0.15, 0.2) is 0 Å². The number of amides is 1. The Hall–Kier alpha value is -0.710. The van der Waals surface area contributed by atoms with Crippen LogP contribution in [0.15, 0.2) is 0 Å². The molecule has 0 aliphatic carbocycles. The number of hydrogen-bond acceptors (Lipinski definition) is 2. The lowest BCUT2D eigenvalue weighted by atomic mass is 10.3. The van der Waals surface area contributed by atoms with Crippen molar-refractivity contribution in [1.82, 2.24) is 4.90 Å². The van der Waals surface area contributed by atoms with Gasteiger partial charge in [-0.3, -0.25) is 4.79 Å². The third-order valence-corrected chi connectivity index (χ3v) is 2.05. The van der Waals surface area contributed by atoms with E-state index >= 15 is 0 Å². The van der Waals surface area contributed by atoms with Crippen LogP contribution in [-0.2, 0) is 9.53 Å². The van der Waals surface area contributed by atoms with Crippen molar-refractivity contribution < 1.29 is 18.3 Å². The number of hydrogen-bond donors (Lipinski definition) is 0. The first-order valence-electron chi connectivity index (χ1n) is 4.29. The zero-order chi connectivity index (χ0) is 9.84. The summed E-state index contributed by atoms with van der Waals surface area (Å²) < 4.78 is 29.3. The highest BCUT2D eigenvalue weighted by molar-refractivity contribution is 5.79. The van der Waals surface area contributed by atoms with Gasteiger partial charge in [-0.2, -0.15) is 8.78 Å². The maximum atomic E-state index is 12.1. The van der Waals surface area contributed by atoms with Crippen LogP contribution in [-0.4, -0.2) is 43.0 Å². The van der Waals surface area contributed by atoms with Gasteiger partial charge in [-0.05, 0) is 13.3 Å². The molecule has 0 aromatic carbocycles. The molecule has 0 aromatic rings. The molecule has 1 atom stereocenters. The second-order valence-corrected chi connectivity index (χ2v) is 3.11. The number of alkyl halides is 2. The van der Waals surface area contributed by atoms with Gasteiger partial charge in [0.05, 0.1) is 12.6 Å². The lowest BCUT2D eigenvalue weighted by Crippen LogP contribution is -2.43. The van der Waals surface area contributed by atoms with Crippen LogP contribution < -0.4 is 0 Å². The van der Waals surface area contributed by atoms with Crippen molar-refractivity contribution in [1.29, 1.82) is 0 Å². The molecule has 0 spiro atoms. The molecule has 0 radical (unpaired) electrons. The average Bonchev–Trinajstić information content (AvgIpc) is 2.28. The molecule has 3 nitrogen and oxygen atoms in total. The van der Waals surface area contributed by atoms with Gasteiger partial charge in [-0.1, -0.05) is 0 Å². The summed E-state index contributed by atoms with van der Waals surface area (Å²) in [6.45, 7) is 2.96. The molecule has 1 heterocycles. The summed E-state index contributed by atoms with van der Waals surface area (Å²) in [5.74, 6) is -1.09. The number of carbonyl (C=O) groups excluding carboxylic acids is 1. The van der Waals surface area contributed by atoms with Crippen molar-refractivity contribution in [2.24, 2.45) is 0 Å². The van der Waals surface area contributed by atoms with Crippen LogP contribution in [0.4, 0.5) is 8.78 Å². The van der Waals surface area contributed by atoms with Crippen LogP contribution in [0.5, 0.6) is 0 Å². The second kappa shape index (κ2) is 4.50. The fourth-order valence-corrected chi connectivity index (χ4v) is 1.35. The molecule has 0 saturated carbocycles. The number of halogens is 2. The molecule has 1 fully saturated rings. The van der Waals surface area contributed by atoms with Crippen molar-refractivity contribution >= 4 is 5.91 Å². The molecule has 0 aromatic heterocycles. The molecule has 1 aliphatic rings. The van der Waals surface area contributed by atoms with Gasteiger partial charge >= 0.3 is 6.43 Å². The number of carbonyl (C=O) groups is 1. The number of ether oxygens (including phenoxy) is 1. The standard InChI is InChI=1S/C8H13F2NO2/c1-6-5-13-4-2-3-11(6)8(12)7(9)10/h6-7H,2-5H2,1H3. The Morgan fingerprint density at radius 3 is 2.92 bits per heavy atom. The summed E-state index contributed by atoms with van der Waals surface area (Å²) in [4.78, 5) is 12.2. The Morgan fingerprint density at radius 2 is 2.31 bits per heavy atom. The fraction of sp³-hybridized carbons (Fsp3) is 0.875. The molecule has 1 saturated heterocycles. The Labute approximate surface area is 75.7 Å². The molecule has 1 rings (SSSR count). The van der Waals surface area contributed by atoms with Crippen molar-refractivity contribution in [3.8, 4) is 0 Å². The molecule has 1 aliphatic heterocycles. The Balaban J connectivity index is 2.58. The van der Waals surface area contributed by atoms with E-state index in [0.717, 1.165) is 0 Å². The SMILES string of the molecule is CC1COCCCN1C(=O)C(F)F. The normalized spacial score (nSPS) is 24.6. The van der Waals surface area contributed by atoms with Gasteiger partial charge in [-0.15, -0.1) is 0 Å². The fourth-order valence-electron chi connectivity index (χ4n) is 1.35. The Bertz CT molecular complexity index is 187. The van der Waals surface area contributed by atoms with Crippen LogP contribution in [0.3, 0.4) is 0 Å². The summed E-state index contributed by atoms with van der Waals surface area (Å²) in [7, 11) is 0. The molecule has 0 bridgehead atoms. The first-order valence-corrected chi connectivity index (χ1v) is 4.29. The maximum absolute atomic E-state index is 12.1. The molecular weight excluding hydrogens is 180 g/mol. The van der Waals surface area contributed by atoms with E-state index in [2.05, 4.69) is 0 Å². The van der Waals surface area contributed by atoms with Gasteiger partial charge < -0.3 is 9.64 Å². The van der Waals surface area contributed by atoms with Crippen molar-refractivity contribution in [3.05, 3.63) is 0 Å². The molecule has 1 unspecified atom stereocenters. The first kappa shape index (κ1) is 10.4. The van der Waals surface area contributed by atoms with Crippen molar-refractivity contribution in [2.75, 3.05) is 19.8 Å². The predicted molar refractivity (Wildman–Crippen MR) is 42.6 cm³/mol. The monoisotopic (exact) mass is 193 g/mol. The van der Waals surface area contributed by atoms with Crippen LogP contribution >= 0.6 is 0 Å². The van der Waals surface area contributed by atoms with Gasteiger partial charge in [-0.25, -0.2) is 0 Å². The number of rotatable bonds is 1. The summed E-state index contributed by atoms with van der Waals surface area (Å²) in [6.07, 6.45) is -2.27. The van der Waals surface area contributed by atoms with Gasteiger partial charge in [0.25, 0.3) is 5.91 Å². The van der Waals surface area contributed by atoms with E-state index in [4.69, 9.17) is 4.74 Å². The smallest absolute Gasteiger partial charge is 0.315 e. The largest absolute Gasteiger partial charge is 0.379 e. The average molecular weight is 193 g/mol. The molecule has 1 amide bonds. The van der Waals surface area contributed by atoms with Crippen LogP contribution in [0.2, 0.25) is 0 Å². The molecule has 13 heavy (non-hydrogen) atoms. The summed E-state index contributed by atoms with van der Waals surface area (Å²) in [6, 6.07) is -0.246. The Morgan fingerprint density at radius 1 is 1.62 bits per heavy atom. The minimum absolute atomic E-state index is 0.246. The van der Waals surface area contributed by atoms with Crippen LogP contribution in [0.25, 0.3) is 0 Å². The Kier molecular flexibility index (Phi) is 3.59. The van der Waals surface area contributed by atoms with Gasteiger partial charge in [0.1, 0.15) is 0 Å². The lowest BCUT2D eigenvalue weighted by molar-refractivity contribution is -0.145. The highest BCUT2D eigenvalue weighted by Gasteiger charge is 2.28. The van der Waals surface area contributed by atoms with Crippen molar-refractivity contribution in [2.45, 2.75) is 25.8 Å². The van der Waals surface area contributed by atoms with Crippen LogP contribution in [0.1, 0.15) is 13.3 Å². The minimum atomic E-state index is -2.90. The minimum Gasteiger partial charge on any atom is -0.379 e. The molecule has 76 valence electrons. The van der Waals surface area contributed by atoms with E-state index in [1.54, 1.807) is 6.92 Å². The van der Waals surface area contributed by atoms with E-state index in [1.807, 2.05) is 0 Å². The van der Waals surface area contributed by atoms with Crippen LogP contribution in [0, 0.1) is 0 Å². The zero-order valence-corrected chi connectivity index (χ0v) is 7.50. The summed E-state index contributed by atoms with van der Waals surface area (Å²) in [5.41, 5.74) is 0. The highest BCUT2D eigenvalue weighted by atomic mass is 19.3. The zero-order valence-electron chi connectivity index (χ0n) is 7.50. The third-order valence-electron chi connectivity index (χ3n) is 2.05. The summed E-state index contributed by atoms with van der Waals surface area (Å²) in [5, 5.41) is 0. The lowest BCUT2D eigenvalue weighted by Gasteiger charge is -2.25. The van der Waals surface area contributed by atoms with E-state index in [-0.39, 0.29) is 6.04 Å². The molecule has 5 heteroatoms. The van der Waals surface area contributed by atoms with E-state index in [0.29, 0.717) is 26.2 Å². The second-order valence-electron chi connectivity index (χ2n) is 3.11. The maximum Gasteiger partial charge on any atom is 0.315 e. The van der Waals surface area contributed by atoms with E-state index < -0.39 is 12.3 Å². The molecule has 0 N–H and O–H groups in total. The summed E-state index contributed by atoms with van der Waals surface area (Å²) >= 11 is 0. The highest BCUT2D eigenvalue weighted by Crippen LogP contribution is 2.10. The molecular formula is C8H13F2NO2. The number of nitrogens with zero attached hydrogens (tertiary/aromatic N) is 1. The topological polar surface area (TPSA) is 29.5 Å². The third kappa shape index (κ3) is 2.62. The first-order chi connectivity index (χ1) is 6.13.